The molecule has 3 heteroatoms. The molecule has 0 amide bonds. The summed E-state index contributed by atoms with van der Waals surface area (Å²) in [6, 6.07) is 70.7. The molecule has 0 saturated heterocycles. The van der Waals surface area contributed by atoms with Crippen LogP contribution in [0.3, 0.4) is 0 Å². The highest BCUT2D eigenvalue weighted by atomic mass is 32.1. The van der Waals surface area contributed by atoms with Crippen molar-refractivity contribution in [2.45, 2.75) is 5.41 Å². The van der Waals surface area contributed by atoms with E-state index < -0.39 is 5.41 Å². The molecule has 2 aliphatic carbocycles. The molecule has 0 atom stereocenters. The zero-order valence-corrected chi connectivity index (χ0v) is 31.1. The van der Waals surface area contributed by atoms with Crippen LogP contribution in [0.1, 0.15) is 22.3 Å². The Morgan fingerprint density at radius 1 is 0.357 bits per heavy atom. The molecule has 10 aromatic rings. The van der Waals surface area contributed by atoms with Crippen LogP contribution in [0, 0.1) is 0 Å². The van der Waals surface area contributed by atoms with Crippen LogP contribution in [0.15, 0.2) is 194 Å². The summed E-state index contributed by atoms with van der Waals surface area (Å²) in [6.07, 6.45) is 0. The third kappa shape index (κ3) is 4.38. The molecule has 0 radical (unpaired) electrons. The number of thiophene rings is 1. The lowest BCUT2D eigenvalue weighted by atomic mass is 9.70. The predicted molar refractivity (Wildman–Crippen MR) is 233 cm³/mol. The minimum atomic E-state index is -0.424. The Morgan fingerprint density at radius 2 is 0.893 bits per heavy atom. The van der Waals surface area contributed by atoms with E-state index in [1.54, 1.807) is 0 Å². The van der Waals surface area contributed by atoms with Crippen molar-refractivity contribution in [3.63, 3.8) is 0 Å². The first-order chi connectivity index (χ1) is 27.8. The SMILES string of the molecule is c1ccc(-c2cc(-c3c(-c4ccc5c(c4)C4(c6ccccc6-c6ccccc64)c4ccccc4-5)ccc4c3sc3ccccc34)nc(-c3ccccc3)n2)cc1. The van der Waals surface area contributed by atoms with Crippen molar-refractivity contribution < 1.29 is 0 Å². The van der Waals surface area contributed by atoms with E-state index in [9.17, 15) is 0 Å². The highest BCUT2D eigenvalue weighted by Crippen LogP contribution is 2.63. The van der Waals surface area contributed by atoms with E-state index in [-0.39, 0.29) is 0 Å². The molecular formula is C53H32N2S. The average molecular weight is 729 g/mol. The number of fused-ring (bicyclic) bond motifs is 13. The van der Waals surface area contributed by atoms with Crippen molar-refractivity contribution in [1.29, 1.82) is 0 Å². The Balaban J connectivity index is 1.17. The fraction of sp³-hybridized carbons (Fsp3) is 0.0189. The number of hydrogen-bond donors (Lipinski definition) is 0. The molecule has 2 aliphatic rings. The van der Waals surface area contributed by atoms with Gasteiger partial charge in [0.25, 0.3) is 0 Å². The third-order valence-electron chi connectivity index (χ3n) is 11.9. The molecule has 8 aromatic carbocycles. The molecule has 2 aromatic heterocycles. The Labute approximate surface area is 329 Å². The number of aromatic nitrogens is 2. The summed E-state index contributed by atoms with van der Waals surface area (Å²) in [6.45, 7) is 0. The Morgan fingerprint density at radius 3 is 1.57 bits per heavy atom. The molecule has 0 bridgehead atoms. The van der Waals surface area contributed by atoms with Gasteiger partial charge in [0.1, 0.15) is 0 Å². The molecule has 12 rings (SSSR count). The summed E-state index contributed by atoms with van der Waals surface area (Å²) >= 11 is 1.85. The minimum absolute atomic E-state index is 0.424. The number of benzene rings is 8. The van der Waals surface area contributed by atoms with Crippen LogP contribution in [0.25, 0.3) is 87.5 Å². The van der Waals surface area contributed by atoms with Crippen LogP contribution in [0.5, 0.6) is 0 Å². The van der Waals surface area contributed by atoms with Crippen LogP contribution < -0.4 is 0 Å². The van der Waals surface area contributed by atoms with Gasteiger partial charge in [0.15, 0.2) is 5.82 Å². The molecule has 0 unspecified atom stereocenters. The fourth-order valence-corrected chi connectivity index (χ4v) is 10.9. The van der Waals surface area contributed by atoms with E-state index in [0.29, 0.717) is 5.82 Å². The van der Waals surface area contributed by atoms with E-state index >= 15 is 0 Å². The maximum Gasteiger partial charge on any atom is 0.160 e. The van der Waals surface area contributed by atoms with Crippen molar-refractivity contribution in [2.24, 2.45) is 0 Å². The monoisotopic (exact) mass is 728 g/mol. The van der Waals surface area contributed by atoms with Gasteiger partial charge in [-0.1, -0.05) is 176 Å². The molecule has 2 heterocycles. The van der Waals surface area contributed by atoms with E-state index in [1.165, 1.54) is 70.2 Å². The summed E-state index contributed by atoms with van der Waals surface area (Å²) in [5.74, 6) is 0.716. The molecule has 56 heavy (non-hydrogen) atoms. The van der Waals surface area contributed by atoms with Gasteiger partial charge in [0.2, 0.25) is 0 Å². The Bertz CT molecular complexity index is 3080. The minimum Gasteiger partial charge on any atom is -0.228 e. The Hall–Kier alpha value is -6.94. The van der Waals surface area contributed by atoms with Crippen molar-refractivity contribution in [3.8, 4) is 67.3 Å². The highest BCUT2D eigenvalue weighted by molar-refractivity contribution is 7.26. The third-order valence-corrected chi connectivity index (χ3v) is 13.1. The van der Waals surface area contributed by atoms with Gasteiger partial charge in [-0.25, -0.2) is 9.97 Å². The van der Waals surface area contributed by atoms with Gasteiger partial charge in [-0.2, -0.15) is 0 Å². The van der Waals surface area contributed by atoms with Crippen molar-refractivity contribution in [1.82, 2.24) is 9.97 Å². The molecule has 0 saturated carbocycles. The highest BCUT2D eigenvalue weighted by Gasteiger charge is 2.51. The van der Waals surface area contributed by atoms with E-state index in [4.69, 9.17) is 9.97 Å². The average Bonchev–Trinajstić information content (AvgIpc) is 3.90. The molecule has 0 N–H and O–H groups in total. The maximum atomic E-state index is 5.44. The second kappa shape index (κ2) is 12.0. The van der Waals surface area contributed by atoms with Crippen LogP contribution in [-0.2, 0) is 5.41 Å². The molecule has 260 valence electrons. The molecule has 2 nitrogen and oxygen atoms in total. The van der Waals surface area contributed by atoms with Crippen molar-refractivity contribution in [3.05, 3.63) is 216 Å². The first-order valence-electron chi connectivity index (χ1n) is 19.2. The number of hydrogen-bond acceptors (Lipinski definition) is 3. The Kier molecular flexibility index (Phi) is 6.75. The summed E-state index contributed by atoms with van der Waals surface area (Å²) in [5, 5.41) is 2.51. The van der Waals surface area contributed by atoms with Crippen LogP contribution in [0.4, 0.5) is 0 Å². The zero-order chi connectivity index (χ0) is 36.8. The van der Waals surface area contributed by atoms with Crippen LogP contribution in [0.2, 0.25) is 0 Å². The van der Waals surface area contributed by atoms with E-state index in [0.717, 1.165) is 33.6 Å². The standard InChI is InChI=1S/C53H32N2S/c1-3-15-33(16-4-1)47-32-48(55-52(54-47)34-17-5-2-6-18-34)50-36(29-30-42-41-22-10-14-26-49(41)56-51(42)50)35-27-28-40-39-21-9-13-25-45(39)53(46(40)31-35)43-23-11-7-19-37(43)38-20-8-12-24-44(38)53/h1-32H. The molecule has 0 fully saturated rings. The second-order valence-electron chi connectivity index (χ2n) is 14.8. The quantitative estimate of drug-likeness (QED) is 0.180. The fourth-order valence-electron chi connectivity index (χ4n) is 9.59. The van der Waals surface area contributed by atoms with Gasteiger partial charge in [-0.05, 0) is 73.8 Å². The lowest BCUT2D eigenvalue weighted by Gasteiger charge is -2.30. The van der Waals surface area contributed by atoms with Gasteiger partial charge in [0, 0.05) is 36.9 Å². The van der Waals surface area contributed by atoms with Gasteiger partial charge < -0.3 is 0 Å². The topological polar surface area (TPSA) is 25.8 Å². The van der Waals surface area contributed by atoms with E-state index in [1.807, 2.05) is 17.4 Å². The molecular weight excluding hydrogens is 697 g/mol. The smallest absolute Gasteiger partial charge is 0.160 e. The summed E-state index contributed by atoms with van der Waals surface area (Å²) in [5.41, 5.74) is 17.5. The zero-order valence-electron chi connectivity index (χ0n) is 30.3. The largest absolute Gasteiger partial charge is 0.228 e. The van der Waals surface area contributed by atoms with Gasteiger partial charge in [0.05, 0.1) is 16.8 Å². The first kappa shape index (κ1) is 31.4. The molecule has 0 aliphatic heterocycles. The van der Waals surface area contributed by atoms with Crippen LogP contribution >= 0.6 is 11.3 Å². The molecule has 1 spiro atoms. The normalized spacial score (nSPS) is 13.1. The predicted octanol–water partition coefficient (Wildman–Crippen LogP) is 13.9. The lowest BCUT2D eigenvalue weighted by Crippen LogP contribution is -2.25. The summed E-state index contributed by atoms with van der Waals surface area (Å²) in [4.78, 5) is 10.6. The van der Waals surface area contributed by atoms with Gasteiger partial charge in [-0.3, -0.25) is 0 Å². The maximum absolute atomic E-state index is 5.44. The van der Waals surface area contributed by atoms with Crippen molar-refractivity contribution in [2.75, 3.05) is 0 Å². The lowest BCUT2D eigenvalue weighted by molar-refractivity contribution is 0.794. The van der Waals surface area contributed by atoms with Crippen LogP contribution in [-0.4, -0.2) is 9.97 Å². The number of nitrogens with zero attached hydrogens (tertiary/aromatic N) is 2. The summed E-state index contributed by atoms with van der Waals surface area (Å²) < 4.78 is 2.50. The second-order valence-corrected chi connectivity index (χ2v) is 15.9. The van der Waals surface area contributed by atoms with E-state index in [2.05, 4.69) is 188 Å². The van der Waals surface area contributed by atoms with Gasteiger partial charge in [-0.15, -0.1) is 11.3 Å². The summed E-state index contributed by atoms with van der Waals surface area (Å²) in [7, 11) is 0. The first-order valence-corrected chi connectivity index (χ1v) is 20.0. The van der Waals surface area contributed by atoms with Crippen molar-refractivity contribution >= 4 is 31.5 Å². The number of rotatable bonds is 4. The van der Waals surface area contributed by atoms with Gasteiger partial charge >= 0.3 is 0 Å².